The second kappa shape index (κ2) is 10.4. The first-order valence-electron chi connectivity index (χ1n) is 14.1. The molecular formula is C31H43NO5Si. The van der Waals surface area contributed by atoms with Gasteiger partial charge in [-0.2, -0.15) is 0 Å². The molecule has 6 nitrogen and oxygen atoms in total. The number of morpholine rings is 1. The predicted octanol–water partition coefficient (Wildman–Crippen LogP) is 6.33. The summed E-state index contributed by atoms with van der Waals surface area (Å²) >= 11 is 0. The average molecular weight is 538 g/mol. The van der Waals surface area contributed by atoms with Crippen LogP contribution in [0.25, 0.3) is 11.1 Å². The van der Waals surface area contributed by atoms with Crippen LogP contribution < -0.4 is 0 Å². The van der Waals surface area contributed by atoms with Gasteiger partial charge < -0.3 is 19.0 Å². The highest BCUT2D eigenvalue weighted by Gasteiger charge is 2.48. The molecule has 2 aromatic rings. The molecule has 2 fully saturated rings. The molecule has 1 aliphatic carbocycles. The van der Waals surface area contributed by atoms with Crippen LogP contribution in [0.4, 0.5) is 4.79 Å². The van der Waals surface area contributed by atoms with E-state index in [9.17, 15) is 9.90 Å². The van der Waals surface area contributed by atoms with E-state index < -0.39 is 13.9 Å². The van der Waals surface area contributed by atoms with Gasteiger partial charge in [0.2, 0.25) is 0 Å². The van der Waals surface area contributed by atoms with Crippen LogP contribution in [0.5, 0.6) is 0 Å². The summed E-state index contributed by atoms with van der Waals surface area (Å²) in [5, 5.41) is 11.7. The number of hydrogen-bond acceptors (Lipinski definition) is 5. The minimum Gasteiger partial charge on any atom is -0.448 e. The van der Waals surface area contributed by atoms with Crippen molar-refractivity contribution in [1.82, 2.24) is 4.90 Å². The number of amides is 1. The Kier molecular flexibility index (Phi) is 7.50. The molecule has 0 aromatic heterocycles. The Labute approximate surface area is 228 Å². The maximum Gasteiger partial charge on any atom is 0.410 e. The fourth-order valence-electron chi connectivity index (χ4n) is 6.19. The van der Waals surface area contributed by atoms with Crippen molar-refractivity contribution in [3.8, 4) is 11.1 Å². The van der Waals surface area contributed by atoms with Crippen LogP contribution >= 0.6 is 0 Å². The minimum atomic E-state index is -1.80. The van der Waals surface area contributed by atoms with Crippen LogP contribution in [0.2, 0.25) is 18.1 Å². The number of fused-ring (bicyclic) bond motifs is 5. The molecule has 38 heavy (non-hydrogen) atoms. The lowest BCUT2D eigenvalue weighted by molar-refractivity contribution is -0.136. The monoisotopic (exact) mass is 537 g/mol. The maximum atomic E-state index is 13.4. The van der Waals surface area contributed by atoms with E-state index >= 15 is 0 Å². The lowest BCUT2D eigenvalue weighted by Crippen LogP contribution is -2.63. The summed E-state index contributed by atoms with van der Waals surface area (Å²) in [6.07, 6.45) is 2.21. The van der Waals surface area contributed by atoms with Gasteiger partial charge in [0, 0.05) is 12.5 Å². The topological polar surface area (TPSA) is 68.2 Å². The first-order valence-corrected chi connectivity index (χ1v) is 17.0. The molecule has 2 aromatic carbocycles. The van der Waals surface area contributed by atoms with Crippen molar-refractivity contribution in [3.63, 3.8) is 0 Å². The van der Waals surface area contributed by atoms with Gasteiger partial charge in [0.25, 0.3) is 0 Å². The van der Waals surface area contributed by atoms with E-state index in [2.05, 4.69) is 70.3 Å². The number of aliphatic hydroxyl groups is 1. The molecule has 0 saturated carbocycles. The van der Waals surface area contributed by atoms with E-state index in [-0.39, 0.29) is 29.1 Å². The van der Waals surface area contributed by atoms with Crippen LogP contribution in [0.3, 0.4) is 0 Å². The molecule has 1 N–H and O–H groups in total. The molecule has 1 amide bonds. The zero-order valence-electron chi connectivity index (χ0n) is 23.5. The Hall–Kier alpha value is -2.19. The van der Waals surface area contributed by atoms with E-state index in [0.717, 1.165) is 6.42 Å². The summed E-state index contributed by atoms with van der Waals surface area (Å²) in [4.78, 5) is 15.3. The van der Waals surface area contributed by atoms with E-state index in [1.54, 1.807) is 0 Å². The SMILES string of the molecule is CC(C)(C)[Si](C)(C)OCCCC1(O)CC2COCC(C1)N2C(=O)OCC1c2ccccc2-c2ccccc21. The summed E-state index contributed by atoms with van der Waals surface area (Å²) in [5.74, 6) is 0.0325. The van der Waals surface area contributed by atoms with E-state index in [0.29, 0.717) is 45.7 Å². The molecule has 5 rings (SSSR count). The summed E-state index contributed by atoms with van der Waals surface area (Å²) in [7, 11) is -1.80. The number of benzene rings is 2. The molecule has 2 heterocycles. The molecule has 2 bridgehead atoms. The molecule has 3 aliphatic rings. The largest absolute Gasteiger partial charge is 0.448 e. The number of hydrogen-bond donors (Lipinski definition) is 1. The summed E-state index contributed by atoms with van der Waals surface area (Å²) in [5.41, 5.74) is 4.04. The van der Waals surface area contributed by atoms with Crippen molar-refractivity contribution in [2.75, 3.05) is 26.4 Å². The second-order valence-electron chi connectivity index (χ2n) is 12.9. The van der Waals surface area contributed by atoms with Gasteiger partial charge in [-0.15, -0.1) is 0 Å². The van der Waals surface area contributed by atoms with Crippen molar-refractivity contribution in [1.29, 1.82) is 0 Å². The predicted molar refractivity (Wildman–Crippen MR) is 152 cm³/mol. The van der Waals surface area contributed by atoms with E-state index in [4.69, 9.17) is 13.9 Å². The third-order valence-electron chi connectivity index (χ3n) is 9.24. The van der Waals surface area contributed by atoms with Gasteiger partial charge in [-0.3, -0.25) is 4.90 Å². The molecule has 7 heteroatoms. The number of carbonyl (C=O) groups excluding carboxylic acids is 1. The highest BCUT2D eigenvalue weighted by atomic mass is 28.4. The average Bonchev–Trinajstić information content (AvgIpc) is 3.18. The third-order valence-corrected chi connectivity index (χ3v) is 13.8. The highest BCUT2D eigenvalue weighted by Crippen LogP contribution is 2.45. The van der Waals surface area contributed by atoms with Gasteiger partial charge in [0.15, 0.2) is 8.32 Å². The first-order chi connectivity index (χ1) is 18.0. The summed E-state index contributed by atoms with van der Waals surface area (Å²) in [6, 6.07) is 16.4. The van der Waals surface area contributed by atoms with Crippen molar-refractivity contribution in [2.24, 2.45) is 0 Å². The van der Waals surface area contributed by atoms with E-state index in [1.165, 1.54) is 22.3 Å². The Balaban J connectivity index is 1.19. The van der Waals surface area contributed by atoms with Gasteiger partial charge in [-0.25, -0.2) is 4.79 Å². The van der Waals surface area contributed by atoms with Gasteiger partial charge in [-0.1, -0.05) is 69.3 Å². The Bertz CT molecular complexity index is 1100. The third kappa shape index (κ3) is 5.31. The fourth-order valence-corrected chi connectivity index (χ4v) is 7.28. The molecule has 0 spiro atoms. The van der Waals surface area contributed by atoms with Gasteiger partial charge >= 0.3 is 6.09 Å². The zero-order valence-corrected chi connectivity index (χ0v) is 24.5. The number of rotatable bonds is 7. The summed E-state index contributed by atoms with van der Waals surface area (Å²) < 4.78 is 18.1. The standard InChI is InChI=1S/C31H43NO5Si/c1-30(2,3)38(4,5)37-16-10-15-31(34)17-22-19-35-20-23(18-31)32(22)29(33)36-21-28-26-13-8-6-11-24(26)25-12-7-9-14-27(25)28/h6-9,11-14,22-23,28,34H,10,15-21H2,1-5H3. The van der Waals surface area contributed by atoms with Gasteiger partial charge in [0.1, 0.15) is 6.61 Å². The van der Waals surface area contributed by atoms with Gasteiger partial charge in [0.05, 0.1) is 30.9 Å². The van der Waals surface area contributed by atoms with Crippen LogP contribution in [0, 0.1) is 0 Å². The normalized spacial score (nSPS) is 25.2. The van der Waals surface area contributed by atoms with Crippen molar-refractivity contribution in [3.05, 3.63) is 59.7 Å². The number of ether oxygens (including phenoxy) is 2. The van der Waals surface area contributed by atoms with E-state index in [1.807, 2.05) is 17.0 Å². The molecule has 0 radical (unpaired) electrons. The Morgan fingerprint density at radius 1 is 1.03 bits per heavy atom. The maximum absolute atomic E-state index is 13.4. The molecule has 2 atom stereocenters. The van der Waals surface area contributed by atoms with Crippen molar-refractivity contribution >= 4 is 14.4 Å². The van der Waals surface area contributed by atoms with Crippen molar-refractivity contribution < 1.29 is 23.8 Å². The number of piperidine rings is 1. The first kappa shape index (κ1) is 27.4. The Morgan fingerprint density at radius 2 is 1.58 bits per heavy atom. The Morgan fingerprint density at radius 3 is 2.13 bits per heavy atom. The van der Waals surface area contributed by atoms with Crippen molar-refractivity contribution in [2.45, 2.75) is 88.2 Å². The zero-order chi connectivity index (χ0) is 27.1. The highest BCUT2D eigenvalue weighted by molar-refractivity contribution is 6.74. The quantitative estimate of drug-likeness (QED) is 0.330. The van der Waals surface area contributed by atoms with Crippen LogP contribution in [0.15, 0.2) is 48.5 Å². The fraction of sp³-hybridized carbons (Fsp3) is 0.581. The molecule has 2 unspecified atom stereocenters. The minimum absolute atomic E-state index is 0.0325. The van der Waals surface area contributed by atoms with Crippen LogP contribution in [0.1, 0.15) is 63.5 Å². The van der Waals surface area contributed by atoms with Crippen LogP contribution in [-0.2, 0) is 13.9 Å². The molecule has 206 valence electrons. The lowest BCUT2D eigenvalue weighted by atomic mass is 9.79. The van der Waals surface area contributed by atoms with Gasteiger partial charge in [-0.05, 0) is 66.1 Å². The second-order valence-corrected chi connectivity index (χ2v) is 17.7. The number of carbonyl (C=O) groups is 1. The lowest BCUT2D eigenvalue weighted by Gasteiger charge is -2.51. The smallest absolute Gasteiger partial charge is 0.410 e. The molecular weight excluding hydrogens is 494 g/mol. The van der Waals surface area contributed by atoms with Crippen LogP contribution in [-0.4, -0.2) is 68.5 Å². The number of nitrogens with zero attached hydrogens (tertiary/aromatic N) is 1. The molecule has 2 saturated heterocycles. The molecule has 2 aliphatic heterocycles. The summed E-state index contributed by atoms with van der Waals surface area (Å²) in [6.45, 7) is 13.1.